The van der Waals surface area contributed by atoms with Gasteiger partial charge >= 0.3 is 5.97 Å². The van der Waals surface area contributed by atoms with Gasteiger partial charge in [0, 0.05) is 18.3 Å². The second-order valence-electron chi connectivity index (χ2n) is 6.43. The third kappa shape index (κ3) is 3.57. The number of hydrogen-bond acceptors (Lipinski definition) is 3. The maximum absolute atomic E-state index is 12.0. The van der Waals surface area contributed by atoms with Gasteiger partial charge in [-0.25, -0.2) is 0 Å². The number of allylic oxidation sites excluding steroid dienone is 3. The average molecular weight is 290 g/mol. The van der Waals surface area contributed by atoms with Crippen LogP contribution in [0.25, 0.3) is 0 Å². The van der Waals surface area contributed by atoms with Crippen molar-refractivity contribution in [1.29, 1.82) is 0 Å². The van der Waals surface area contributed by atoms with Crippen LogP contribution < -0.4 is 0 Å². The summed E-state index contributed by atoms with van der Waals surface area (Å²) >= 11 is 0. The molecular formula is C18H26O3. The molecule has 0 aromatic heterocycles. The van der Waals surface area contributed by atoms with Crippen LogP contribution >= 0.6 is 0 Å². The van der Waals surface area contributed by atoms with Crippen LogP contribution in [0.15, 0.2) is 24.3 Å². The first-order valence-corrected chi connectivity index (χ1v) is 8.46. The number of fused-ring (bicyclic) bond motifs is 3. The molecule has 3 nitrogen and oxygen atoms in total. The van der Waals surface area contributed by atoms with Gasteiger partial charge in [0.2, 0.25) is 0 Å². The normalized spacial score (nSPS) is 40.0. The summed E-state index contributed by atoms with van der Waals surface area (Å²) in [5.74, 6) is 0.835. The molecule has 21 heavy (non-hydrogen) atoms. The maximum Gasteiger partial charge on any atom is 0.306 e. The Balaban J connectivity index is 1.72. The predicted molar refractivity (Wildman–Crippen MR) is 81.8 cm³/mol. The van der Waals surface area contributed by atoms with Crippen molar-refractivity contribution < 1.29 is 14.3 Å². The molecule has 0 aromatic rings. The maximum atomic E-state index is 12.0. The SMILES string of the molecule is CCC1OC(=O)CCCCC=CCC=CC2C1CC1OC12. The van der Waals surface area contributed by atoms with E-state index in [2.05, 4.69) is 31.2 Å². The summed E-state index contributed by atoms with van der Waals surface area (Å²) in [6.45, 7) is 2.12. The van der Waals surface area contributed by atoms with Crippen LogP contribution in [0.5, 0.6) is 0 Å². The van der Waals surface area contributed by atoms with E-state index in [1.54, 1.807) is 0 Å². The Morgan fingerprint density at radius 3 is 3.00 bits per heavy atom. The summed E-state index contributed by atoms with van der Waals surface area (Å²) < 4.78 is 11.5. The minimum absolute atomic E-state index is 0.0212. The lowest BCUT2D eigenvalue weighted by Crippen LogP contribution is -2.31. The Bertz CT molecular complexity index is 426. The zero-order valence-corrected chi connectivity index (χ0v) is 12.9. The van der Waals surface area contributed by atoms with Gasteiger partial charge in [0.25, 0.3) is 0 Å². The highest BCUT2D eigenvalue weighted by Gasteiger charge is 2.56. The molecule has 1 saturated carbocycles. The van der Waals surface area contributed by atoms with Gasteiger partial charge in [-0.1, -0.05) is 31.2 Å². The Morgan fingerprint density at radius 2 is 2.14 bits per heavy atom. The van der Waals surface area contributed by atoms with Crippen LogP contribution in [0.2, 0.25) is 0 Å². The van der Waals surface area contributed by atoms with Crippen LogP contribution in [-0.4, -0.2) is 24.3 Å². The van der Waals surface area contributed by atoms with Crippen LogP contribution in [-0.2, 0) is 14.3 Å². The first-order chi connectivity index (χ1) is 10.3. The van der Waals surface area contributed by atoms with Crippen LogP contribution in [0.1, 0.15) is 51.9 Å². The highest BCUT2D eigenvalue weighted by Crippen LogP contribution is 2.49. The first-order valence-electron chi connectivity index (χ1n) is 8.46. The first kappa shape index (κ1) is 14.8. The van der Waals surface area contributed by atoms with Gasteiger partial charge in [-0.05, 0) is 38.5 Å². The summed E-state index contributed by atoms with van der Waals surface area (Å²) in [4.78, 5) is 12.0. The molecule has 0 spiro atoms. The molecule has 0 aromatic carbocycles. The van der Waals surface area contributed by atoms with E-state index in [1.807, 2.05) is 0 Å². The third-order valence-electron chi connectivity index (χ3n) is 4.96. The zero-order chi connectivity index (χ0) is 14.7. The lowest BCUT2D eigenvalue weighted by atomic mass is 9.87. The van der Waals surface area contributed by atoms with Gasteiger partial charge in [0.05, 0.1) is 12.2 Å². The van der Waals surface area contributed by atoms with Crippen molar-refractivity contribution in [2.45, 2.75) is 70.2 Å². The minimum Gasteiger partial charge on any atom is -0.462 e. The number of epoxide rings is 1. The number of carbonyl (C=O) groups is 1. The van der Waals surface area contributed by atoms with E-state index >= 15 is 0 Å². The van der Waals surface area contributed by atoms with E-state index in [0.29, 0.717) is 30.5 Å². The Hall–Kier alpha value is -1.09. The van der Waals surface area contributed by atoms with E-state index in [4.69, 9.17) is 9.47 Å². The van der Waals surface area contributed by atoms with Gasteiger partial charge < -0.3 is 9.47 Å². The van der Waals surface area contributed by atoms with E-state index < -0.39 is 0 Å². The van der Waals surface area contributed by atoms with Crippen molar-refractivity contribution in [3.8, 4) is 0 Å². The van der Waals surface area contributed by atoms with Crippen molar-refractivity contribution >= 4 is 5.97 Å². The lowest BCUT2D eigenvalue weighted by Gasteiger charge is -2.28. The number of rotatable bonds is 1. The molecule has 1 aliphatic carbocycles. The van der Waals surface area contributed by atoms with E-state index in [1.165, 1.54) is 0 Å². The Labute approximate surface area is 127 Å². The molecule has 2 fully saturated rings. The number of carbonyl (C=O) groups excluding carboxylic acids is 1. The quantitative estimate of drug-likeness (QED) is 0.419. The number of hydrogen-bond donors (Lipinski definition) is 0. The molecule has 3 rings (SSSR count). The number of ether oxygens (including phenoxy) is 2. The van der Waals surface area contributed by atoms with Crippen molar-refractivity contribution in [3.63, 3.8) is 0 Å². The highest BCUT2D eigenvalue weighted by atomic mass is 16.6. The fourth-order valence-electron chi connectivity index (χ4n) is 3.77. The van der Waals surface area contributed by atoms with Crippen molar-refractivity contribution in [3.05, 3.63) is 24.3 Å². The second-order valence-corrected chi connectivity index (χ2v) is 6.43. The number of esters is 1. The van der Waals surface area contributed by atoms with E-state index in [0.717, 1.165) is 38.5 Å². The number of cyclic esters (lactones) is 1. The molecule has 0 radical (unpaired) electrons. The molecular weight excluding hydrogens is 264 g/mol. The second kappa shape index (κ2) is 6.78. The van der Waals surface area contributed by atoms with Crippen LogP contribution in [0, 0.1) is 11.8 Å². The summed E-state index contributed by atoms with van der Waals surface area (Å²) in [5.41, 5.74) is 0. The van der Waals surface area contributed by atoms with Gasteiger partial charge in [0.15, 0.2) is 0 Å². The molecule has 0 N–H and O–H groups in total. The molecule has 5 unspecified atom stereocenters. The van der Waals surface area contributed by atoms with Crippen LogP contribution in [0.3, 0.4) is 0 Å². The van der Waals surface area contributed by atoms with Crippen molar-refractivity contribution in [1.82, 2.24) is 0 Å². The smallest absolute Gasteiger partial charge is 0.306 e. The summed E-state index contributed by atoms with van der Waals surface area (Å²) in [5, 5.41) is 0. The third-order valence-corrected chi connectivity index (χ3v) is 4.96. The summed E-state index contributed by atoms with van der Waals surface area (Å²) in [7, 11) is 0. The molecule has 1 saturated heterocycles. The largest absolute Gasteiger partial charge is 0.462 e. The monoisotopic (exact) mass is 290 g/mol. The highest BCUT2D eigenvalue weighted by molar-refractivity contribution is 5.69. The van der Waals surface area contributed by atoms with E-state index in [9.17, 15) is 4.79 Å². The molecule has 0 amide bonds. The fraction of sp³-hybridized carbons (Fsp3) is 0.722. The summed E-state index contributed by atoms with van der Waals surface area (Å²) in [6.07, 6.45) is 16.4. The predicted octanol–water partition coefficient (Wildman–Crippen LogP) is 3.79. The molecule has 2 heterocycles. The topological polar surface area (TPSA) is 38.8 Å². The van der Waals surface area contributed by atoms with Gasteiger partial charge in [-0.15, -0.1) is 0 Å². The Kier molecular flexibility index (Phi) is 4.79. The van der Waals surface area contributed by atoms with Gasteiger partial charge in [0.1, 0.15) is 6.10 Å². The van der Waals surface area contributed by atoms with Crippen molar-refractivity contribution in [2.75, 3.05) is 0 Å². The van der Waals surface area contributed by atoms with Crippen molar-refractivity contribution in [2.24, 2.45) is 11.8 Å². The molecule has 2 aliphatic heterocycles. The molecule has 116 valence electrons. The van der Waals surface area contributed by atoms with E-state index in [-0.39, 0.29) is 12.1 Å². The fourth-order valence-corrected chi connectivity index (χ4v) is 3.77. The molecule has 5 atom stereocenters. The summed E-state index contributed by atoms with van der Waals surface area (Å²) in [6, 6.07) is 0. The van der Waals surface area contributed by atoms with Crippen LogP contribution in [0.4, 0.5) is 0 Å². The lowest BCUT2D eigenvalue weighted by molar-refractivity contribution is -0.153. The average Bonchev–Trinajstić information content (AvgIpc) is 3.16. The molecule has 3 aliphatic rings. The molecule has 3 heteroatoms. The Morgan fingerprint density at radius 1 is 1.24 bits per heavy atom. The standard InChI is InChI=1S/C18H26O3/c1-2-15-14-12-16-18(21-16)13(14)10-8-6-4-3-5-7-9-11-17(19)20-15/h3-4,8,10,13-16,18H,2,5-7,9,11-12H2,1H3. The van der Waals surface area contributed by atoms with Gasteiger partial charge in [-0.3, -0.25) is 4.79 Å². The van der Waals surface area contributed by atoms with Gasteiger partial charge in [-0.2, -0.15) is 0 Å². The molecule has 0 bridgehead atoms. The zero-order valence-electron chi connectivity index (χ0n) is 12.9. The minimum atomic E-state index is -0.0212.